The van der Waals surface area contributed by atoms with Crippen LogP contribution in [0.25, 0.3) is 0 Å². The van der Waals surface area contributed by atoms with Gasteiger partial charge in [0, 0.05) is 12.3 Å². The second kappa shape index (κ2) is 12.6. The van der Waals surface area contributed by atoms with Gasteiger partial charge in [0.1, 0.15) is 18.1 Å². The maximum Gasteiger partial charge on any atom is 0.264 e. The van der Waals surface area contributed by atoms with Crippen LogP contribution in [0.2, 0.25) is 0 Å². The van der Waals surface area contributed by atoms with E-state index in [4.69, 9.17) is 4.74 Å². The van der Waals surface area contributed by atoms with Gasteiger partial charge in [-0.15, -0.1) is 0 Å². The van der Waals surface area contributed by atoms with Crippen molar-refractivity contribution in [3.8, 4) is 5.75 Å². The number of carbonyl (C=O) groups is 1. The van der Waals surface area contributed by atoms with Crippen molar-refractivity contribution in [3.63, 3.8) is 0 Å². The molecule has 35 heavy (non-hydrogen) atoms. The number of hydrogen-bond acceptors (Lipinski definition) is 5. The third-order valence-electron chi connectivity index (χ3n) is 5.25. The Morgan fingerprint density at radius 1 is 1.03 bits per heavy atom. The van der Waals surface area contributed by atoms with Crippen LogP contribution in [0.1, 0.15) is 17.5 Å². The molecule has 0 aliphatic heterocycles. The maximum absolute atomic E-state index is 13.7. The summed E-state index contributed by atoms with van der Waals surface area (Å²) in [6.07, 6.45) is 0.671. The van der Waals surface area contributed by atoms with Crippen LogP contribution in [0.4, 0.5) is 10.1 Å². The molecular formula is C26H29FN2O4S2. The zero-order valence-corrected chi connectivity index (χ0v) is 21.4. The molecule has 1 amide bonds. The summed E-state index contributed by atoms with van der Waals surface area (Å²) < 4.78 is 47.1. The first-order valence-electron chi connectivity index (χ1n) is 11.1. The number of halogens is 1. The summed E-state index contributed by atoms with van der Waals surface area (Å²) in [6, 6.07) is 19.8. The van der Waals surface area contributed by atoms with Gasteiger partial charge in [0.05, 0.1) is 17.7 Å². The molecule has 3 rings (SSSR count). The molecule has 0 fully saturated rings. The summed E-state index contributed by atoms with van der Waals surface area (Å²) in [5, 5.41) is 2.79. The van der Waals surface area contributed by atoms with Crippen LogP contribution in [0.5, 0.6) is 5.75 Å². The number of ether oxygens (including phenoxy) is 1. The SMILES string of the molecule is COc1ccccc1N(CC(=O)NCCCSCc1ccccc1F)S(=O)(=O)c1ccc(C)cc1. The van der Waals surface area contributed by atoms with E-state index in [9.17, 15) is 17.6 Å². The van der Waals surface area contributed by atoms with E-state index in [2.05, 4.69) is 5.32 Å². The molecule has 0 heterocycles. The molecule has 3 aromatic carbocycles. The first kappa shape index (κ1) is 26.6. The molecular weight excluding hydrogens is 487 g/mol. The average molecular weight is 517 g/mol. The van der Waals surface area contributed by atoms with Gasteiger partial charge in [-0.05, 0) is 55.0 Å². The topological polar surface area (TPSA) is 75.7 Å². The lowest BCUT2D eigenvalue weighted by atomic mass is 10.2. The van der Waals surface area contributed by atoms with E-state index < -0.39 is 15.9 Å². The third-order valence-corrected chi connectivity index (χ3v) is 8.12. The minimum Gasteiger partial charge on any atom is -0.495 e. The van der Waals surface area contributed by atoms with E-state index in [0.29, 0.717) is 30.0 Å². The molecule has 1 N–H and O–H groups in total. The molecule has 0 aliphatic carbocycles. The molecule has 9 heteroatoms. The third kappa shape index (κ3) is 7.22. The highest BCUT2D eigenvalue weighted by molar-refractivity contribution is 7.98. The number of benzene rings is 3. The van der Waals surface area contributed by atoms with Crippen LogP contribution in [-0.4, -0.2) is 40.3 Å². The van der Waals surface area contributed by atoms with Crippen molar-refractivity contribution in [1.29, 1.82) is 0 Å². The van der Waals surface area contributed by atoms with Crippen LogP contribution in [0, 0.1) is 12.7 Å². The van der Waals surface area contributed by atoms with E-state index in [1.165, 1.54) is 25.3 Å². The average Bonchev–Trinajstić information content (AvgIpc) is 2.86. The predicted molar refractivity (Wildman–Crippen MR) is 139 cm³/mol. The molecule has 0 radical (unpaired) electrons. The number of sulfonamides is 1. The second-order valence-electron chi connectivity index (χ2n) is 7.84. The molecule has 0 spiro atoms. The van der Waals surface area contributed by atoms with Gasteiger partial charge >= 0.3 is 0 Å². The molecule has 3 aromatic rings. The summed E-state index contributed by atoms with van der Waals surface area (Å²) in [5.74, 6) is 0.981. The van der Waals surface area contributed by atoms with Gasteiger partial charge in [-0.25, -0.2) is 12.8 Å². The molecule has 0 saturated heterocycles. The summed E-state index contributed by atoms with van der Waals surface area (Å²) in [5.41, 5.74) is 1.86. The van der Waals surface area contributed by atoms with Gasteiger partial charge in [0.25, 0.3) is 10.0 Å². The fraction of sp³-hybridized carbons (Fsp3) is 0.269. The number of nitrogens with one attached hydrogen (secondary N) is 1. The smallest absolute Gasteiger partial charge is 0.264 e. The number of amides is 1. The van der Waals surface area contributed by atoms with Crippen molar-refractivity contribution in [2.45, 2.75) is 24.0 Å². The fourth-order valence-electron chi connectivity index (χ4n) is 3.36. The highest BCUT2D eigenvalue weighted by atomic mass is 32.2. The number of hydrogen-bond donors (Lipinski definition) is 1. The molecule has 0 aromatic heterocycles. The number of rotatable bonds is 12. The Kier molecular flexibility index (Phi) is 9.56. The Balaban J connectivity index is 1.63. The van der Waals surface area contributed by atoms with Gasteiger partial charge in [-0.3, -0.25) is 9.10 Å². The highest BCUT2D eigenvalue weighted by Gasteiger charge is 2.29. The molecule has 0 aliphatic rings. The maximum atomic E-state index is 13.7. The lowest BCUT2D eigenvalue weighted by Crippen LogP contribution is -2.41. The van der Waals surface area contributed by atoms with Gasteiger partial charge in [0.2, 0.25) is 5.91 Å². The zero-order valence-electron chi connectivity index (χ0n) is 19.7. The lowest BCUT2D eigenvalue weighted by molar-refractivity contribution is -0.119. The summed E-state index contributed by atoms with van der Waals surface area (Å²) in [7, 11) is -2.57. The highest BCUT2D eigenvalue weighted by Crippen LogP contribution is 2.32. The number of carbonyl (C=O) groups excluding carboxylic acids is 1. The number of nitrogens with zero attached hydrogens (tertiary/aromatic N) is 1. The van der Waals surface area contributed by atoms with Crippen LogP contribution < -0.4 is 14.4 Å². The van der Waals surface area contributed by atoms with E-state index in [-0.39, 0.29) is 22.9 Å². The fourth-order valence-corrected chi connectivity index (χ4v) is 5.74. The Labute approximate surface area is 210 Å². The predicted octanol–water partition coefficient (Wildman–Crippen LogP) is 4.78. The quantitative estimate of drug-likeness (QED) is 0.351. The largest absolute Gasteiger partial charge is 0.495 e. The summed E-state index contributed by atoms with van der Waals surface area (Å²) in [4.78, 5) is 12.8. The van der Waals surface area contributed by atoms with Crippen molar-refractivity contribution >= 4 is 33.4 Å². The van der Waals surface area contributed by atoms with Gasteiger partial charge in [-0.2, -0.15) is 11.8 Å². The first-order valence-corrected chi connectivity index (χ1v) is 13.7. The normalized spacial score (nSPS) is 11.2. The van der Waals surface area contributed by atoms with E-state index in [0.717, 1.165) is 15.6 Å². The Morgan fingerprint density at radius 3 is 2.43 bits per heavy atom. The monoisotopic (exact) mass is 516 g/mol. The molecule has 186 valence electrons. The number of thioether (sulfide) groups is 1. The van der Waals surface area contributed by atoms with Crippen LogP contribution >= 0.6 is 11.8 Å². The van der Waals surface area contributed by atoms with Crippen molar-refractivity contribution in [2.75, 3.05) is 30.3 Å². The van der Waals surface area contributed by atoms with E-state index in [1.54, 1.807) is 66.4 Å². The first-order chi connectivity index (χ1) is 16.8. The second-order valence-corrected chi connectivity index (χ2v) is 10.8. The number of para-hydroxylation sites is 2. The van der Waals surface area contributed by atoms with Gasteiger partial charge in [-0.1, -0.05) is 48.0 Å². The Bertz CT molecular complexity index is 1230. The number of methoxy groups -OCH3 is 1. The minimum absolute atomic E-state index is 0.0892. The van der Waals surface area contributed by atoms with Crippen LogP contribution in [0.3, 0.4) is 0 Å². The van der Waals surface area contributed by atoms with Crippen molar-refractivity contribution in [3.05, 3.63) is 89.7 Å². The lowest BCUT2D eigenvalue weighted by Gasteiger charge is -2.25. The minimum atomic E-state index is -4.02. The van der Waals surface area contributed by atoms with Crippen molar-refractivity contribution < 1.29 is 22.3 Å². The van der Waals surface area contributed by atoms with Crippen molar-refractivity contribution in [1.82, 2.24) is 5.32 Å². The van der Waals surface area contributed by atoms with Crippen LogP contribution in [-0.2, 0) is 20.6 Å². The Morgan fingerprint density at radius 2 is 1.71 bits per heavy atom. The van der Waals surface area contributed by atoms with E-state index in [1.807, 2.05) is 6.92 Å². The summed E-state index contributed by atoms with van der Waals surface area (Å²) >= 11 is 1.58. The molecule has 0 bridgehead atoms. The molecule has 0 saturated carbocycles. The van der Waals surface area contributed by atoms with Crippen LogP contribution in [0.15, 0.2) is 77.7 Å². The Hall–Kier alpha value is -3.04. The number of anilines is 1. The van der Waals surface area contributed by atoms with E-state index >= 15 is 0 Å². The van der Waals surface area contributed by atoms with Gasteiger partial charge in [0.15, 0.2) is 0 Å². The van der Waals surface area contributed by atoms with Crippen molar-refractivity contribution in [2.24, 2.45) is 0 Å². The number of aryl methyl sites for hydroxylation is 1. The molecule has 0 unspecified atom stereocenters. The zero-order chi connectivity index (χ0) is 25.3. The summed E-state index contributed by atoms with van der Waals surface area (Å²) in [6.45, 7) is 1.86. The van der Waals surface area contributed by atoms with Gasteiger partial charge < -0.3 is 10.1 Å². The standard InChI is InChI=1S/C26H29FN2O4S2/c1-20-12-14-22(15-13-20)35(31,32)29(24-10-5-6-11-25(24)33-2)18-26(30)28-16-7-17-34-19-21-8-3-4-9-23(21)27/h3-6,8-15H,7,16-19H2,1-2H3,(H,28,30). The molecule has 0 atom stereocenters. The molecule has 6 nitrogen and oxygen atoms in total.